The van der Waals surface area contributed by atoms with Crippen LogP contribution in [0.5, 0.6) is 11.5 Å². The minimum Gasteiger partial charge on any atom is -0.490 e. The van der Waals surface area contributed by atoms with Gasteiger partial charge < -0.3 is 14.8 Å². The average molecular weight is 425 g/mol. The Labute approximate surface area is 186 Å². The van der Waals surface area contributed by atoms with Crippen LogP contribution in [0.1, 0.15) is 68.1 Å². The molecule has 2 aromatic rings. The van der Waals surface area contributed by atoms with E-state index in [9.17, 15) is 4.79 Å². The normalized spacial score (nSPS) is 17.7. The van der Waals surface area contributed by atoms with Gasteiger partial charge in [-0.2, -0.15) is 0 Å². The van der Waals surface area contributed by atoms with Crippen molar-refractivity contribution in [2.75, 3.05) is 26.3 Å². The summed E-state index contributed by atoms with van der Waals surface area (Å²) < 4.78 is 11.3. The summed E-state index contributed by atoms with van der Waals surface area (Å²) in [5.74, 6) is 2.13. The first-order valence-electron chi connectivity index (χ1n) is 11.5. The second-order valence-electron chi connectivity index (χ2n) is 8.45. The Morgan fingerprint density at radius 2 is 1.81 bits per heavy atom. The Balaban J connectivity index is 1.61. The van der Waals surface area contributed by atoms with Gasteiger partial charge in [-0.15, -0.1) is 0 Å². The minimum absolute atomic E-state index is 0.0718. The predicted molar refractivity (Wildman–Crippen MR) is 125 cm³/mol. The molecular formula is C26H36N2O3. The molecule has 1 aliphatic rings. The molecule has 0 radical (unpaired) electrons. The molecule has 2 atom stereocenters. The second-order valence-corrected chi connectivity index (χ2v) is 8.45. The predicted octanol–water partition coefficient (Wildman–Crippen LogP) is 5.21. The molecule has 0 aliphatic carbocycles. The maximum Gasteiger partial charge on any atom is 0.251 e. The molecule has 1 amide bonds. The van der Waals surface area contributed by atoms with E-state index in [0.29, 0.717) is 24.5 Å². The molecule has 31 heavy (non-hydrogen) atoms. The van der Waals surface area contributed by atoms with Crippen LogP contribution < -0.4 is 14.8 Å². The van der Waals surface area contributed by atoms with Gasteiger partial charge in [-0.1, -0.05) is 25.1 Å². The van der Waals surface area contributed by atoms with Crippen molar-refractivity contribution in [2.45, 2.75) is 53.1 Å². The van der Waals surface area contributed by atoms with E-state index in [1.165, 1.54) is 18.4 Å². The first-order chi connectivity index (χ1) is 15.0. The molecule has 1 saturated heterocycles. The quantitative estimate of drug-likeness (QED) is 0.601. The number of hydrogen-bond donors (Lipinski definition) is 1. The maximum absolute atomic E-state index is 12.8. The van der Waals surface area contributed by atoms with E-state index in [0.717, 1.165) is 36.9 Å². The number of piperidine rings is 1. The highest BCUT2D eigenvalue weighted by Crippen LogP contribution is 2.31. The number of carbonyl (C=O) groups is 1. The third kappa shape index (κ3) is 6.47. The van der Waals surface area contributed by atoms with Crippen LogP contribution in [0.4, 0.5) is 0 Å². The number of rotatable bonds is 9. The lowest BCUT2D eigenvalue weighted by Gasteiger charge is -2.30. The lowest BCUT2D eigenvalue weighted by molar-refractivity contribution is 0.0939. The monoisotopic (exact) mass is 424 g/mol. The molecule has 0 spiro atoms. The number of likely N-dealkylation sites (tertiary alicyclic amines) is 1. The molecular weight excluding hydrogens is 388 g/mol. The van der Waals surface area contributed by atoms with Gasteiger partial charge >= 0.3 is 0 Å². The highest BCUT2D eigenvalue weighted by atomic mass is 16.5. The summed E-state index contributed by atoms with van der Waals surface area (Å²) in [7, 11) is 0. The highest BCUT2D eigenvalue weighted by Gasteiger charge is 2.17. The summed E-state index contributed by atoms with van der Waals surface area (Å²) in [5, 5.41) is 3.09. The van der Waals surface area contributed by atoms with Crippen molar-refractivity contribution in [3.8, 4) is 11.5 Å². The summed E-state index contributed by atoms with van der Waals surface area (Å²) in [4.78, 5) is 15.3. The Morgan fingerprint density at radius 1 is 1.10 bits per heavy atom. The molecule has 1 heterocycles. The van der Waals surface area contributed by atoms with E-state index in [1.807, 2.05) is 51.1 Å². The fourth-order valence-electron chi connectivity index (χ4n) is 4.15. The van der Waals surface area contributed by atoms with E-state index in [-0.39, 0.29) is 11.9 Å². The van der Waals surface area contributed by atoms with Crippen LogP contribution in [0.15, 0.2) is 42.5 Å². The van der Waals surface area contributed by atoms with Gasteiger partial charge in [-0.05, 0) is 81.5 Å². The molecule has 1 fully saturated rings. The van der Waals surface area contributed by atoms with Crippen molar-refractivity contribution in [2.24, 2.45) is 5.92 Å². The largest absolute Gasteiger partial charge is 0.490 e. The van der Waals surface area contributed by atoms with E-state index in [2.05, 4.69) is 29.3 Å². The third-order valence-corrected chi connectivity index (χ3v) is 5.78. The van der Waals surface area contributed by atoms with Crippen LogP contribution in [0, 0.1) is 5.92 Å². The highest BCUT2D eigenvalue weighted by molar-refractivity contribution is 5.94. The van der Waals surface area contributed by atoms with Gasteiger partial charge in [-0.25, -0.2) is 0 Å². The number of hydrogen-bond acceptors (Lipinski definition) is 4. The number of benzene rings is 2. The van der Waals surface area contributed by atoms with Crippen molar-refractivity contribution >= 4 is 5.91 Å². The topological polar surface area (TPSA) is 50.8 Å². The average Bonchev–Trinajstić information content (AvgIpc) is 2.75. The van der Waals surface area contributed by atoms with Gasteiger partial charge in [0, 0.05) is 18.7 Å². The summed E-state index contributed by atoms with van der Waals surface area (Å²) in [6.45, 7) is 12.6. The molecule has 5 heteroatoms. The van der Waals surface area contributed by atoms with Crippen molar-refractivity contribution in [1.29, 1.82) is 0 Å². The summed E-state index contributed by atoms with van der Waals surface area (Å²) in [6.07, 6.45) is 2.60. The van der Waals surface area contributed by atoms with Gasteiger partial charge in [-0.3, -0.25) is 9.69 Å². The van der Waals surface area contributed by atoms with E-state index in [4.69, 9.17) is 9.47 Å². The molecule has 0 saturated carbocycles. The molecule has 168 valence electrons. The van der Waals surface area contributed by atoms with E-state index in [1.54, 1.807) is 0 Å². The third-order valence-electron chi connectivity index (χ3n) is 5.78. The molecule has 1 N–H and O–H groups in total. The standard InChI is InChI=1S/C26H36N2O3/c1-5-30-24-14-13-23(16-25(24)31-6-2)20(4)27-26(29)22-11-9-21(10-12-22)18-28-15-7-8-19(3)17-28/h9-14,16,19-20H,5-8,15,17-18H2,1-4H3,(H,27,29)/t19-,20+/m0/s1. The van der Waals surface area contributed by atoms with Crippen molar-refractivity contribution in [1.82, 2.24) is 10.2 Å². The first kappa shape index (κ1) is 23.1. The first-order valence-corrected chi connectivity index (χ1v) is 11.5. The smallest absolute Gasteiger partial charge is 0.251 e. The fraction of sp³-hybridized carbons (Fsp3) is 0.500. The molecule has 0 aromatic heterocycles. The Kier molecular flexibility index (Phi) is 8.35. The maximum atomic E-state index is 12.8. The number of carbonyl (C=O) groups excluding carboxylic acids is 1. The molecule has 0 bridgehead atoms. The van der Waals surface area contributed by atoms with Crippen LogP contribution in [0.25, 0.3) is 0 Å². The van der Waals surface area contributed by atoms with Gasteiger partial charge in [0.2, 0.25) is 0 Å². The molecule has 5 nitrogen and oxygen atoms in total. The lowest BCUT2D eigenvalue weighted by Crippen LogP contribution is -2.33. The van der Waals surface area contributed by atoms with Crippen LogP contribution >= 0.6 is 0 Å². The SMILES string of the molecule is CCOc1ccc([C@@H](C)NC(=O)c2ccc(CN3CCC[C@H](C)C3)cc2)cc1OCC. The van der Waals surface area contributed by atoms with Crippen molar-refractivity contribution in [3.63, 3.8) is 0 Å². The zero-order valence-electron chi connectivity index (χ0n) is 19.3. The zero-order valence-corrected chi connectivity index (χ0v) is 19.3. The zero-order chi connectivity index (χ0) is 22.2. The van der Waals surface area contributed by atoms with Gasteiger partial charge in [0.25, 0.3) is 5.91 Å². The number of nitrogens with one attached hydrogen (secondary N) is 1. The second kappa shape index (κ2) is 11.2. The van der Waals surface area contributed by atoms with E-state index < -0.39 is 0 Å². The van der Waals surface area contributed by atoms with Crippen molar-refractivity contribution in [3.05, 3.63) is 59.2 Å². The fourth-order valence-corrected chi connectivity index (χ4v) is 4.15. The lowest BCUT2D eigenvalue weighted by atomic mass is 9.99. The van der Waals surface area contributed by atoms with Crippen LogP contribution in [-0.4, -0.2) is 37.1 Å². The Hall–Kier alpha value is -2.53. The molecule has 1 aliphatic heterocycles. The van der Waals surface area contributed by atoms with Gasteiger partial charge in [0.15, 0.2) is 11.5 Å². The van der Waals surface area contributed by atoms with Crippen LogP contribution in [0.3, 0.4) is 0 Å². The molecule has 2 aromatic carbocycles. The number of nitrogens with zero attached hydrogens (tertiary/aromatic N) is 1. The molecule has 0 unspecified atom stereocenters. The summed E-state index contributed by atoms with van der Waals surface area (Å²) >= 11 is 0. The number of ether oxygens (including phenoxy) is 2. The molecule has 3 rings (SSSR count). The minimum atomic E-state index is -0.142. The Bertz CT molecular complexity index is 850. The van der Waals surface area contributed by atoms with Gasteiger partial charge in [0.05, 0.1) is 19.3 Å². The number of amides is 1. The van der Waals surface area contributed by atoms with Crippen molar-refractivity contribution < 1.29 is 14.3 Å². The Morgan fingerprint density at radius 3 is 2.48 bits per heavy atom. The summed E-state index contributed by atoms with van der Waals surface area (Å²) in [5.41, 5.74) is 2.92. The van der Waals surface area contributed by atoms with Gasteiger partial charge in [0.1, 0.15) is 0 Å². The van der Waals surface area contributed by atoms with Crippen LogP contribution in [0.2, 0.25) is 0 Å². The van der Waals surface area contributed by atoms with Crippen LogP contribution in [-0.2, 0) is 6.54 Å². The summed E-state index contributed by atoms with van der Waals surface area (Å²) in [6, 6.07) is 13.7. The van der Waals surface area contributed by atoms with E-state index >= 15 is 0 Å².